The van der Waals surface area contributed by atoms with Gasteiger partial charge in [-0.3, -0.25) is 9.59 Å². The fourth-order valence-corrected chi connectivity index (χ4v) is 11.5. The molecule has 3 rings (SSSR count). The van der Waals surface area contributed by atoms with Crippen LogP contribution in [0.4, 0.5) is 0 Å². The molecule has 9 nitrogen and oxygen atoms in total. The van der Waals surface area contributed by atoms with Gasteiger partial charge < -0.3 is 4.84 Å². The number of imide groups is 1. The van der Waals surface area contributed by atoms with Crippen LogP contribution in [-0.4, -0.2) is 54.3 Å². The van der Waals surface area contributed by atoms with Crippen molar-refractivity contribution in [1.29, 1.82) is 0 Å². The number of ether oxygens (including phenoxy) is 2. The maximum absolute atomic E-state index is 12.4. The molecule has 183 valence electrons. The van der Waals surface area contributed by atoms with Crippen LogP contribution in [0.15, 0.2) is 0 Å². The Kier molecular flexibility index (Phi) is 10.6. The molecule has 0 saturated carbocycles. The van der Waals surface area contributed by atoms with Gasteiger partial charge in [0.25, 0.3) is 11.8 Å². The Morgan fingerprint density at radius 2 is 1.82 bits per heavy atom. The Morgan fingerprint density at radius 1 is 1.09 bits per heavy atom. The number of nitrogens with one attached hydrogen (secondary N) is 1. The SMILES string of the molecule is CC1C(CNC(=O)[CH]2CC[CH2][Ac]2)OC(OCCCCC(=O)ON2C(=O)CCC2=O)C(C)C1C. The second kappa shape index (κ2) is 12.9. The molecule has 0 aromatic rings. The van der Waals surface area contributed by atoms with Crippen LogP contribution in [0.25, 0.3) is 0 Å². The standard InChI is InChI=1S/C23H36N2O7.Ac/c1-5-6-9-19(26)24-14-18-16(3)15(2)17(4)23(31-18)30-13-8-7-10-22(29)32-25-20(27)11-12-21(25)28;/h9,15-18,23H,1,5-8,10-14H2,2-4H3,(H,24,26);. The third-order valence-corrected chi connectivity index (χ3v) is 15.2. The molecule has 0 aromatic carbocycles. The van der Waals surface area contributed by atoms with Crippen LogP contribution in [0.2, 0.25) is 2.70 Å². The summed E-state index contributed by atoms with van der Waals surface area (Å²) in [6, 6.07) is 0. The van der Waals surface area contributed by atoms with E-state index in [0.29, 0.717) is 44.0 Å². The van der Waals surface area contributed by atoms with E-state index in [1.54, 1.807) is 0 Å². The molecule has 33 heavy (non-hydrogen) atoms. The van der Waals surface area contributed by atoms with E-state index in [9.17, 15) is 19.2 Å². The average molecular weight is 680 g/mol. The van der Waals surface area contributed by atoms with Crippen LogP contribution in [0.1, 0.15) is 65.7 Å². The molecule has 3 fully saturated rings. The van der Waals surface area contributed by atoms with Gasteiger partial charge in [-0.05, 0) is 0 Å². The summed E-state index contributed by atoms with van der Waals surface area (Å²) in [4.78, 5) is 52.2. The first-order chi connectivity index (χ1) is 15.8. The van der Waals surface area contributed by atoms with Gasteiger partial charge in [0.05, 0.1) is 0 Å². The summed E-state index contributed by atoms with van der Waals surface area (Å²) >= 11 is -0.980. The first-order valence-electron chi connectivity index (χ1n) is 12.2. The fraction of sp³-hybridized carbons (Fsp3) is 0.826. The molecule has 0 bridgehead atoms. The van der Waals surface area contributed by atoms with E-state index in [0.717, 1.165) is 6.42 Å². The first kappa shape index (κ1) is 27.0. The van der Waals surface area contributed by atoms with E-state index in [-0.39, 0.29) is 43.5 Å². The third-order valence-electron chi connectivity index (χ3n) is 7.22. The van der Waals surface area contributed by atoms with Gasteiger partial charge in [-0.1, -0.05) is 0 Å². The zero-order valence-electron chi connectivity index (χ0n) is 19.9. The van der Waals surface area contributed by atoms with E-state index in [1.165, 1.54) is 8.02 Å². The Bertz CT molecular complexity index is 712. The van der Waals surface area contributed by atoms with Crippen molar-refractivity contribution >= 4 is 23.7 Å². The van der Waals surface area contributed by atoms with E-state index >= 15 is 0 Å². The minimum absolute atomic E-state index is 0.0756. The van der Waals surface area contributed by atoms with E-state index < -0.39 is 57.5 Å². The predicted molar refractivity (Wildman–Crippen MR) is 114 cm³/mol. The topological polar surface area (TPSA) is 111 Å². The molecule has 0 radical (unpaired) electrons. The van der Waals surface area contributed by atoms with Gasteiger partial charge in [0.2, 0.25) is 0 Å². The predicted octanol–water partition coefficient (Wildman–Crippen LogP) is 2.62. The van der Waals surface area contributed by atoms with Gasteiger partial charge in [-0.15, -0.1) is 5.06 Å². The van der Waals surface area contributed by atoms with Gasteiger partial charge in [0.1, 0.15) is 0 Å². The molecule has 0 spiro atoms. The Balaban J connectivity index is 1.36. The van der Waals surface area contributed by atoms with E-state index in [2.05, 4.69) is 26.1 Å². The van der Waals surface area contributed by atoms with Crippen molar-refractivity contribution in [3.63, 3.8) is 0 Å². The zero-order valence-corrected chi connectivity index (χ0v) is 24.7. The van der Waals surface area contributed by atoms with E-state index in [4.69, 9.17) is 14.3 Å². The van der Waals surface area contributed by atoms with E-state index in [1.807, 2.05) is 0 Å². The van der Waals surface area contributed by atoms with Crippen LogP contribution >= 0.6 is 0 Å². The van der Waals surface area contributed by atoms with Crippen molar-refractivity contribution in [2.75, 3.05) is 13.2 Å². The zero-order chi connectivity index (χ0) is 24.0. The van der Waals surface area contributed by atoms with Crippen LogP contribution in [0, 0.1) is 57.5 Å². The van der Waals surface area contributed by atoms with Crippen molar-refractivity contribution in [3.05, 3.63) is 0 Å². The normalized spacial score (nSPS) is 31.8. The molecule has 3 heterocycles. The molecule has 3 aliphatic rings. The first-order valence-corrected chi connectivity index (χ1v) is 18.3. The summed E-state index contributed by atoms with van der Waals surface area (Å²) in [5, 5.41) is 3.71. The molecule has 3 aliphatic heterocycles. The second-order valence-corrected chi connectivity index (χ2v) is 17.1. The van der Waals surface area contributed by atoms with Crippen molar-refractivity contribution in [2.45, 2.75) is 80.8 Å². The number of hydroxylamine groups is 2. The Hall–Kier alpha value is -0.558. The number of nitrogens with zero attached hydrogens (tertiary/aromatic N) is 1. The Labute approximate surface area is 217 Å². The minimum atomic E-state index is -0.980. The van der Waals surface area contributed by atoms with Crippen molar-refractivity contribution < 1.29 is 73.2 Å². The van der Waals surface area contributed by atoms with Gasteiger partial charge in [0.15, 0.2) is 0 Å². The summed E-state index contributed by atoms with van der Waals surface area (Å²) < 4.78 is 14.0. The van der Waals surface area contributed by atoms with Gasteiger partial charge in [-0.25, -0.2) is 4.79 Å². The molecule has 6 unspecified atom stereocenters. The summed E-state index contributed by atoms with van der Waals surface area (Å²) in [5.41, 5.74) is 0. The van der Waals surface area contributed by atoms with Crippen molar-refractivity contribution in [3.8, 4) is 0 Å². The number of amides is 3. The van der Waals surface area contributed by atoms with Crippen LogP contribution in [0.5, 0.6) is 0 Å². The summed E-state index contributed by atoms with van der Waals surface area (Å²) in [6.07, 6.45) is 3.31. The fourth-order valence-electron chi connectivity index (χ4n) is 4.63. The molecule has 6 atom stereocenters. The van der Waals surface area contributed by atoms with Crippen molar-refractivity contribution in [2.24, 2.45) is 17.8 Å². The molecule has 10 heteroatoms. The number of unbranched alkanes of at least 4 members (excludes halogenated alkanes) is 1. The molecule has 3 amide bonds. The number of carbonyl (C=O) groups excluding carboxylic acids is 4. The molecule has 1 N–H and O–H groups in total. The monoisotopic (exact) mass is 679 g/mol. The van der Waals surface area contributed by atoms with Crippen LogP contribution in [0.3, 0.4) is 0 Å². The summed E-state index contributed by atoms with van der Waals surface area (Å²) in [6.45, 7) is 7.45. The average Bonchev–Trinajstić information content (AvgIpc) is 3.44. The van der Waals surface area contributed by atoms with Gasteiger partial charge in [-0.2, -0.15) is 0 Å². The molecular weight excluding hydrogens is 643 g/mol. The van der Waals surface area contributed by atoms with Crippen LogP contribution in [-0.2, 0) is 33.5 Å². The second-order valence-electron chi connectivity index (χ2n) is 9.51. The summed E-state index contributed by atoms with van der Waals surface area (Å²) in [7, 11) is 0. The van der Waals surface area contributed by atoms with Gasteiger partial charge >= 0.3 is 170 Å². The van der Waals surface area contributed by atoms with Crippen LogP contribution < -0.4 is 5.32 Å². The number of hydrogen-bond donors (Lipinski definition) is 1. The summed E-state index contributed by atoms with van der Waals surface area (Å²) in [5.74, 6) is -0.374. The number of carbonyl (C=O) groups is 4. The molecule has 0 aromatic heterocycles. The third kappa shape index (κ3) is 7.46. The molecular formula is C23H36AcN2O7. The Morgan fingerprint density at radius 3 is 2.48 bits per heavy atom. The number of rotatable bonds is 10. The quantitative estimate of drug-likeness (QED) is 0.279. The molecule has 0 aliphatic carbocycles. The van der Waals surface area contributed by atoms with Crippen molar-refractivity contribution in [1.82, 2.24) is 10.4 Å². The maximum atomic E-state index is 12.4. The number of hydrogen-bond acceptors (Lipinski definition) is 7. The molecule has 3 saturated heterocycles. The van der Waals surface area contributed by atoms with Gasteiger partial charge in [0, 0.05) is 12.8 Å².